The zero-order chi connectivity index (χ0) is 9.40. The molecule has 0 saturated carbocycles. The van der Waals surface area contributed by atoms with E-state index in [1.807, 2.05) is 26.0 Å². The highest BCUT2D eigenvalue weighted by Crippen LogP contribution is 2.08. The van der Waals surface area contributed by atoms with Gasteiger partial charge in [0.05, 0.1) is 6.26 Å². The van der Waals surface area contributed by atoms with Gasteiger partial charge >= 0.3 is 0 Å². The summed E-state index contributed by atoms with van der Waals surface area (Å²) >= 11 is 0. The summed E-state index contributed by atoms with van der Waals surface area (Å²) in [6.07, 6.45) is 4.02. The quantitative estimate of drug-likeness (QED) is 0.667. The molecular weight excluding hydrogens is 148 g/mol. The Labute approximate surface area is 75.8 Å². The summed E-state index contributed by atoms with van der Waals surface area (Å²) in [5, 5.41) is 0. The maximum Gasteiger partial charge on any atom is 0.103 e. The van der Waals surface area contributed by atoms with Crippen molar-refractivity contribution in [1.29, 1.82) is 0 Å². The van der Waals surface area contributed by atoms with Crippen molar-refractivity contribution in [2.75, 3.05) is 0 Å². The molecule has 0 unspecified atom stereocenters. The van der Waals surface area contributed by atoms with Crippen molar-refractivity contribution in [1.82, 2.24) is 0 Å². The van der Waals surface area contributed by atoms with Gasteiger partial charge in [0.25, 0.3) is 0 Å². The summed E-state index contributed by atoms with van der Waals surface area (Å²) in [5.74, 6) is 1.87. The second-order valence-corrected chi connectivity index (χ2v) is 3.01. The van der Waals surface area contributed by atoms with Crippen LogP contribution in [0.5, 0.6) is 0 Å². The molecule has 0 aliphatic rings. The normalized spacial score (nSPS) is 9.42. The van der Waals surface area contributed by atoms with Gasteiger partial charge in [-0.2, -0.15) is 0 Å². The van der Waals surface area contributed by atoms with E-state index in [2.05, 4.69) is 13.8 Å². The molecule has 12 heavy (non-hydrogen) atoms. The summed E-state index contributed by atoms with van der Waals surface area (Å²) in [6.45, 7) is 8.45. The van der Waals surface area contributed by atoms with Crippen LogP contribution in [0.15, 0.2) is 22.8 Å². The van der Waals surface area contributed by atoms with Crippen LogP contribution in [-0.2, 0) is 6.42 Å². The minimum Gasteiger partial charge on any atom is -0.469 e. The fraction of sp³-hybridized carbons (Fsp3) is 0.636. The number of furan rings is 1. The second-order valence-electron chi connectivity index (χ2n) is 3.01. The standard InChI is InChI=1S/C9H14O.C2H6/c1-8(2)5-6-9-4-3-7-10-9;1-2/h3-4,7-8H,5-6H2,1-2H3;1-2H3. The number of hydrogen-bond acceptors (Lipinski definition) is 1. The van der Waals surface area contributed by atoms with Gasteiger partial charge in [-0.05, 0) is 24.5 Å². The molecule has 0 saturated heterocycles. The summed E-state index contributed by atoms with van der Waals surface area (Å²) in [6, 6.07) is 3.97. The highest BCUT2D eigenvalue weighted by molar-refractivity contribution is 4.97. The summed E-state index contributed by atoms with van der Waals surface area (Å²) < 4.78 is 5.18. The molecule has 0 fully saturated rings. The molecule has 0 aromatic carbocycles. The third kappa shape index (κ3) is 5.00. The Kier molecular flexibility index (Phi) is 6.54. The van der Waals surface area contributed by atoms with E-state index in [9.17, 15) is 0 Å². The largest absolute Gasteiger partial charge is 0.469 e. The maximum absolute atomic E-state index is 5.18. The molecule has 1 rings (SSSR count). The first-order valence-electron chi connectivity index (χ1n) is 4.81. The van der Waals surface area contributed by atoms with E-state index in [-0.39, 0.29) is 0 Å². The van der Waals surface area contributed by atoms with Crippen LogP contribution in [0.3, 0.4) is 0 Å². The number of hydrogen-bond donors (Lipinski definition) is 0. The summed E-state index contributed by atoms with van der Waals surface area (Å²) in [5.41, 5.74) is 0. The second kappa shape index (κ2) is 6.96. The Balaban J connectivity index is 0.000000561. The minimum absolute atomic E-state index is 0.769. The van der Waals surface area contributed by atoms with Crippen molar-refractivity contribution in [3.8, 4) is 0 Å². The smallest absolute Gasteiger partial charge is 0.103 e. The van der Waals surface area contributed by atoms with Crippen molar-refractivity contribution in [2.24, 2.45) is 5.92 Å². The molecule has 0 aliphatic carbocycles. The van der Waals surface area contributed by atoms with Gasteiger partial charge in [0, 0.05) is 6.42 Å². The van der Waals surface area contributed by atoms with E-state index in [1.165, 1.54) is 6.42 Å². The van der Waals surface area contributed by atoms with Crippen molar-refractivity contribution in [3.63, 3.8) is 0 Å². The van der Waals surface area contributed by atoms with Gasteiger partial charge in [0.1, 0.15) is 5.76 Å². The molecule has 1 aromatic heterocycles. The third-order valence-corrected chi connectivity index (χ3v) is 1.55. The van der Waals surface area contributed by atoms with E-state index in [0.29, 0.717) is 0 Å². The number of rotatable bonds is 3. The van der Waals surface area contributed by atoms with Crippen LogP contribution in [0.4, 0.5) is 0 Å². The molecule has 1 aromatic rings. The predicted molar refractivity (Wildman–Crippen MR) is 53.2 cm³/mol. The van der Waals surface area contributed by atoms with Crippen molar-refractivity contribution < 1.29 is 4.42 Å². The van der Waals surface area contributed by atoms with Crippen LogP contribution in [-0.4, -0.2) is 0 Å². The van der Waals surface area contributed by atoms with Crippen LogP contribution in [0.1, 0.15) is 39.9 Å². The van der Waals surface area contributed by atoms with Crippen molar-refractivity contribution in [3.05, 3.63) is 24.2 Å². The fourth-order valence-electron chi connectivity index (χ4n) is 0.886. The summed E-state index contributed by atoms with van der Waals surface area (Å²) in [7, 11) is 0. The van der Waals surface area contributed by atoms with Gasteiger partial charge in [0.2, 0.25) is 0 Å². The predicted octanol–water partition coefficient (Wildman–Crippen LogP) is 3.89. The molecule has 1 heterocycles. The van der Waals surface area contributed by atoms with Gasteiger partial charge in [0.15, 0.2) is 0 Å². The SMILES string of the molecule is CC.CC(C)CCc1ccco1. The highest BCUT2D eigenvalue weighted by Gasteiger charge is 1.97. The van der Waals surface area contributed by atoms with E-state index in [4.69, 9.17) is 4.42 Å². The molecule has 0 atom stereocenters. The lowest BCUT2D eigenvalue weighted by Crippen LogP contribution is -1.89. The Morgan fingerprint density at radius 3 is 2.42 bits per heavy atom. The van der Waals surface area contributed by atoms with Crippen molar-refractivity contribution in [2.45, 2.75) is 40.5 Å². The first kappa shape index (κ1) is 11.3. The monoisotopic (exact) mass is 168 g/mol. The van der Waals surface area contributed by atoms with E-state index >= 15 is 0 Å². The molecule has 1 heteroatoms. The topological polar surface area (TPSA) is 13.1 Å². The van der Waals surface area contributed by atoms with E-state index < -0.39 is 0 Å². The Morgan fingerprint density at radius 2 is 2.00 bits per heavy atom. The molecule has 1 nitrogen and oxygen atoms in total. The van der Waals surface area contributed by atoms with Gasteiger partial charge in [-0.1, -0.05) is 27.7 Å². The van der Waals surface area contributed by atoms with Gasteiger partial charge < -0.3 is 4.42 Å². The minimum atomic E-state index is 0.769. The molecule has 0 N–H and O–H groups in total. The van der Waals surface area contributed by atoms with Crippen molar-refractivity contribution >= 4 is 0 Å². The zero-order valence-corrected chi connectivity index (χ0v) is 8.63. The third-order valence-electron chi connectivity index (χ3n) is 1.55. The first-order valence-corrected chi connectivity index (χ1v) is 4.81. The van der Waals surface area contributed by atoms with Crippen LogP contribution in [0.2, 0.25) is 0 Å². The first-order chi connectivity index (χ1) is 5.79. The zero-order valence-electron chi connectivity index (χ0n) is 8.63. The lowest BCUT2D eigenvalue weighted by atomic mass is 10.1. The van der Waals surface area contributed by atoms with Crippen LogP contribution >= 0.6 is 0 Å². The fourth-order valence-corrected chi connectivity index (χ4v) is 0.886. The lowest BCUT2D eigenvalue weighted by molar-refractivity contribution is 0.475. The van der Waals surface area contributed by atoms with Gasteiger partial charge in [-0.25, -0.2) is 0 Å². The Bertz CT molecular complexity index is 163. The van der Waals surface area contributed by atoms with Gasteiger partial charge in [-0.15, -0.1) is 0 Å². The molecule has 0 spiro atoms. The van der Waals surface area contributed by atoms with Crippen LogP contribution < -0.4 is 0 Å². The number of aryl methyl sites for hydroxylation is 1. The average molecular weight is 168 g/mol. The maximum atomic E-state index is 5.18. The molecule has 0 radical (unpaired) electrons. The molecule has 70 valence electrons. The van der Waals surface area contributed by atoms with Crippen LogP contribution in [0, 0.1) is 5.92 Å². The van der Waals surface area contributed by atoms with E-state index in [1.54, 1.807) is 6.26 Å². The molecule has 0 bridgehead atoms. The summed E-state index contributed by atoms with van der Waals surface area (Å²) in [4.78, 5) is 0. The Hall–Kier alpha value is -0.720. The molecular formula is C11H20O. The van der Waals surface area contributed by atoms with Gasteiger partial charge in [-0.3, -0.25) is 0 Å². The highest BCUT2D eigenvalue weighted by atomic mass is 16.3. The lowest BCUT2D eigenvalue weighted by Gasteiger charge is -1.99. The average Bonchev–Trinajstić information content (AvgIpc) is 2.56. The molecule has 0 amide bonds. The van der Waals surface area contributed by atoms with Crippen LogP contribution in [0.25, 0.3) is 0 Å². The van der Waals surface area contributed by atoms with E-state index in [0.717, 1.165) is 18.1 Å². The Morgan fingerprint density at radius 1 is 1.33 bits per heavy atom. The molecule has 0 aliphatic heterocycles.